The Morgan fingerprint density at radius 3 is 2.54 bits per heavy atom. The second-order valence-corrected chi connectivity index (χ2v) is 6.78. The van der Waals surface area contributed by atoms with E-state index in [4.69, 9.17) is 11.6 Å². The Morgan fingerprint density at radius 2 is 1.77 bits per heavy atom. The SMILES string of the molecule is O=C(CN1CCCN(C(=O)c2cccc(Cl)c2)CC1)Nc1ccccc1. The van der Waals surface area contributed by atoms with Gasteiger partial charge in [-0.25, -0.2) is 0 Å². The third kappa shape index (κ3) is 5.07. The normalized spacial score (nSPS) is 15.3. The maximum atomic E-state index is 12.6. The van der Waals surface area contributed by atoms with E-state index in [1.807, 2.05) is 35.2 Å². The van der Waals surface area contributed by atoms with Crippen molar-refractivity contribution in [3.8, 4) is 0 Å². The first-order valence-electron chi connectivity index (χ1n) is 8.74. The van der Waals surface area contributed by atoms with Crippen LogP contribution in [-0.2, 0) is 4.79 Å². The highest BCUT2D eigenvalue weighted by atomic mass is 35.5. The van der Waals surface area contributed by atoms with Crippen molar-refractivity contribution in [1.82, 2.24) is 9.80 Å². The summed E-state index contributed by atoms with van der Waals surface area (Å²) in [5.41, 5.74) is 1.40. The zero-order chi connectivity index (χ0) is 18.4. The van der Waals surface area contributed by atoms with Gasteiger partial charge in [0.25, 0.3) is 5.91 Å². The number of halogens is 1. The number of para-hydroxylation sites is 1. The lowest BCUT2D eigenvalue weighted by molar-refractivity contribution is -0.117. The van der Waals surface area contributed by atoms with Crippen LogP contribution >= 0.6 is 11.6 Å². The van der Waals surface area contributed by atoms with Gasteiger partial charge in [0.05, 0.1) is 6.54 Å². The summed E-state index contributed by atoms with van der Waals surface area (Å²) in [5.74, 6) is -0.0473. The second-order valence-electron chi connectivity index (χ2n) is 6.35. The highest BCUT2D eigenvalue weighted by molar-refractivity contribution is 6.30. The number of nitrogens with zero attached hydrogens (tertiary/aromatic N) is 2. The molecule has 0 unspecified atom stereocenters. The molecule has 2 aromatic rings. The molecule has 1 fully saturated rings. The second kappa shape index (κ2) is 8.83. The fourth-order valence-electron chi connectivity index (χ4n) is 3.06. The first-order chi connectivity index (χ1) is 12.6. The number of hydrogen-bond donors (Lipinski definition) is 1. The molecule has 1 aliphatic rings. The zero-order valence-corrected chi connectivity index (χ0v) is 15.3. The van der Waals surface area contributed by atoms with Crippen LogP contribution in [0.3, 0.4) is 0 Å². The van der Waals surface area contributed by atoms with Gasteiger partial charge in [-0.2, -0.15) is 0 Å². The predicted octanol–water partition coefficient (Wildman–Crippen LogP) is 3.13. The maximum absolute atomic E-state index is 12.6. The first kappa shape index (κ1) is 18.4. The molecule has 0 saturated carbocycles. The Kier molecular flexibility index (Phi) is 6.26. The quantitative estimate of drug-likeness (QED) is 0.898. The summed E-state index contributed by atoms with van der Waals surface area (Å²) in [7, 11) is 0. The van der Waals surface area contributed by atoms with Gasteiger partial charge in [0.2, 0.25) is 5.91 Å². The maximum Gasteiger partial charge on any atom is 0.253 e. The Bertz CT molecular complexity index is 767. The molecule has 0 atom stereocenters. The van der Waals surface area contributed by atoms with Crippen molar-refractivity contribution in [1.29, 1.82) is 0 Å². The summed E-state index contributed by atoms with van der Waals surface area (Å²) in [5, 5.41) is 3.46. The predicted molar refractivity (Wildman–Crippen MR) is 103 cm³/mol. The van der Waals surface area contributed by atoms with Gasteiger partial charge in [-0.05, 0) is 36.8 Å². The molecular formula is C20H22ClN3O2. The van der Waals surface area contributed by atoms with Crippen LogP contribution in [-0.4, -0.2) is 54.3 Å². The summed E-state index contributed by atoms with van der Waals surface area (Å²) in [6.45, 7) is 3.08. The van der Waals surface area contributed by atoms with Crippen LogP contribution in [0.15, 0.2) is 54.6 Å². The molecule has 2 amide bonds. The van der Waals surface area contributed by atoms with Gasteiger partial charge in [0.1, 0.15) is 0 Å². The van der Waals surface area contributed by atoms with E-state index in [0.29, 0.717) is 36.8 Å². The number of anilines is 1. The van der Waals surface area contributed by atoms with E-state index in [9.17, 15) is 9.59 Å². The van der Waals surface area contributed by atoms with E-state index in [0.717, 1.165) is 18.7 Å². The van der Waals surface area contributed by atoms with Crippen molar-refractivity contribution in [2.75, 3.05) is 38.0 Å². The van der Waals surface area contributed by atoms with E-state index in [2.05, 4.69) is 10.2 Å². The first-order valence-corrected chi connectivity index (χ1v) is 9.12. The number of carbonyl (C=O) groups is 2. The van der Waals surface area contributed by atoms with Gasteiger partial charge in [-0.1, -0.05) is 35.9 Å². The molecule has 1 N–H and O–H groups in total. The van der Waals surface area contributed by atoms with Crippen LogP contribution in [0.2, 0.25) is 5.02 Å². The highest BCUT2D eigenvalue weighted by Crippen LogP contribution is 2.14. The van der Waals surface area contributed by atoms with E-state index in [-0.39, 0.29) is 11.8 Å². The standard InChI is InChI=1S/C20H22ClN3O2/c21-17-7-4-6-16(14-17)20(26)24-11-5-10-23(12-13-24)15-19(25)22-18-8-2-1-3-9-18/h1-4,6-9,14H,5,10-13,15H2,(H,22,25). The van der Waals surface area contributed by atoms with Crippen LogP contribution in [0.5, 0.6) is 0 Å². The molecule has 0 radical (unpaired) electrons. The van der Waals surface area contributed by atoms with E-state index < -0.39 is 0 Å². The van der Waals surface area contributed by atoms with Crippen molar-refractivity contribution < 1.29 is 9.59 Å². The Morgan fingerprint density at radius 1 is 0.962 bits per heavy atom. The molecule has 0 spiro atoms. The van der Waals surface area contributed by atoms with Gasteiger partial charge in [0, 0.05) is 42.5 Å². The van der Waals surface area contributed by atoms with Crippen molar-refractivity contribution in [3.63, 3.8) is 0 Å². The largest absolute Gasteiger partial charge is 0.337 e. The lowest BCUT2D eigenvalue weighted by Gasteiger charge is -2.22. The van der Waals surface area contributed by atoms with Crippen molar-refractivity contribution in [2.24, 2.45) is 0 Å². The van der Waals surface area contributed by atoms with Gasteiger partial charge in [-0.3, -0.25) is 14.5 Å². The number of nitrogens with one attached hydrogen (secondary N) is 1. The van der Waals surface area contributed by atoms with Gasteiger partial charge in [0.15, 0.2) is 0 Å². The number of amides is 2. The topological polar surface area (TPSA) is 52.7 Å². The van der Waals surface area contributed by atoms with Gasteiger partial charge >= 0.3 is 0 Å². The van der Waals surface area contributed by atoms with Crippen LogP contribution in [0.1, 0.15) is 16.8 Å². The van der Waals surface area contributed by atoms with E-state index in [1.54, 1.807) is 24.3 Å². The highest BCUT2D eigenvalue weighted by Gasteiger charge is 2.21. The average Bonchev–Trinajstić information content (AvgIpc) is 2.87. The molecule has 3 rings (SSSR count). The molecule has 0 aromatic heterocycles. The molecule has 1 aliphatic heterocycles. The van der Waals surface area contributed by atoms with Crippen LogP contribution in [0, 0.1) is 0 Å². The lowest BCUT2D eigenvalue weighted by Crippen LogP contribution is -2.38. The minimum Gasteiger partial charge on any atom is -0.337 e. The fourth-order valence-corrected chi connectivity index (χ4v) is 3.25. The number of rotatable bonds is 4. The molecule has 6 heteroatoms. The molecule has 0 aliphatic carbocycles. The van der Waals surface area contributed by atoms with Crippen molar-refractivity contribution in [2.45, 2.75) is 6.42 Å². The summed E-state index contributed by atoms with van der Waals surface area (Å²) in [4.78, 5) is 28.8. The molecule has 1 heterocycles. The van der Waals surface area contributed by atoms with E-state index >= 15 is 0 Å². The molecule has 26 heavy (non-hydrogen) atoms. The fraction of sp³-hybridized carbons (Fsp3) is 0.300. The van der Waals surface area contributed by atoms with Crippen molar-refractivity contribution in [3.05, 3.63) is 65.2 Å². The Balaban J connectivity index is 1.53. The smallest absolute Gasteiger partial charge is 0.253 e. The molecule has 136 valence electrons. The zero-order valence-electron chi connectivity index (χ0n) is 14.5. The summed E-state index contributed by atoms with van der Waals surface area (Å²) in [6.07, 6.45) is 0.838. The molecule has 5 nitrogen and oxygen atoms in total. The average molecular weight is 372 g/mol. The van der Waals surface area contributed by atoms with Crippen LogP contribution in [0.4, 0.5) is 5.69 Å². The molecule has 1 saturated heterocycles. The van der Waals surface area contributed by atoms with Gasteiger partial charge in [-0.15, -0.1) is 0 Å². The van der Waals surface area contributed by atoms with Crippen LogP contribution in [0.25, 0.3) is 0 Å². The molecular weight excluding hydrogens is 350 g/mol. The third-order valence-corrected chi connectivity index (χ3v) is 4.61. The van der Waals surface area contributed by atoms with E-state index in [1.165, 1.54) is 0 Å². The summed E-state index contributed by atoms with van der Waals surface area (Å²) in [6, 6.07) is 16.4. The number of benzene rings is 2. The summed E-state index contributed by atoms with van der Waals surface area (Å²) < 4.78 is 0. The molecule has 2 aromatic carbocycles. The monoisotopic (exact) mass is 371 g/mol. The summed E-state index contributed by atoms with van der Waals surface area (Å²) >= 11 is 5.98. The van der Waals surface area contributed by atoms with Gasteiger partial charge < -0.3 is 10.2 Å². The Hall–Kier alpha value is -2.37. The molecule has 0 bridgehead atoms. The Labute approximate surface area is 158 Å². The lowest BCUT2D eigenvalue weighted by atomic mass is 10.2. The number of carbonyl (C=O) groups excluding carboxylic acids is 2. The van der Waals surface area contributed by atoms with Crippen LogP contribution < -0.4 is 5.32 Å². The third-order valence-electron chi connectivity index (χ3n) is 4.37. The van der Waals surface area contributed by atoms with Crippen molar-refractivity contribution >= 4 is 29.1 Å². The number of hydrogen-bond acceptors (Lipinski definition) is 3. The minimum absolute atomic E-state index is 0.0110. The minimum atomic E-state index is -0.0363.